The predicted molar refractivity (Wildman–Crippen MR) is 63.9 cm³/mol. The number of fused-ring (bicyclic) bond motifs is 1. The number of hydrogen-bond acceptors (Lipinski definition) is 2. The molecular formula is C12H12ClNO2. The van der Waals surface area contributed by atoms with E-state index < -0.39 is 0 Å². The summed E-state index contributed by atoms with van der Waals surface area (Å²) in [6.07, 6.45) is 0. The lowest BCUT2D eigenvalue weighted by Crippen LogP contribution is -2.09. The Labute approximate surface area is 98.6 Å². The van der Waals surface area contributed by atoms with Crippen LogP contribution in [0.1, 0.15) is 17.4 Å². The minimum absolute atomic E-state index is 0.322. The van der Waals surface area contributed by atoms with E-state index in [1.165, 1.54) is 0 Å². The molecule has 0 fully saturated rings. The highest BCUT2D eigenvalue weighted by atomic mass is 35.5. The Morgan fingerprint density at radius 1 is 1.50 bits per heavy atom. The van der Waals surface area contributed by atoms with Gasteiger partial charge in [-0.2, -0.15) is 0 Å². The summed E-state index contributed by atoms with van der Waals surface area (Å²) in [4.78, 5) is 11.7. The molecule has 16 heavy (non-hydrogen) atoms. The zero-order valence-corrected chi connectivity index (χ0v) is 9.91. The molecule has 0 saturated carbocycles. The number of aromatic nitrogens is 1. The van der Waals surface area contributed by atoms with Crippen LogP contribution in [0, 0.1) is 0 Å². The summed E-state index contributed by atoms with van der Waals surface area (Å²) in [5, 5.41) is 1.51. The zero-order valence-electron chi connectivity index (χ0n) is 9.16. The summed E-state index contributed by atoms with van der Waals surface area (Å²) in [6, 6.07) is 7.35. The lowest BCUT2D eigenvalue weighted by molar-refractivity contribution is 0.0516. The summed E-state index contributed by atoms with van der Waals surface area (Å²) >= 11 is 6.06. The molecule has 0 unspecified atom stereocenters. The second-order valence-electron chi connectivity index (χ2n) is 3.48. The molecule has 0 saturated heterocycles. The Bertz CT molecular complexity index is 545. The molecule has 2 aromatic rings. The van der Waals surface area contributed by atoms with Gasteiger partial charge < -0.3 is 9.30 Å². The molecule has 0 aliphatic heterocycles. The van der Waals surface area contributed by atoms with Crippen molar-refractivity contribution in [2.24, 2.45) is 7.05 Å². The van der Waals surface area contributed by atoms with Gasteiger partial charge in [-0.05, 0) is 25.1 Å². The molecule has 4 heteroatoms. The number of carbonyl (C=O) groups excluding carboxylic acids is 1. The van der Waals surface area contributed by atoms with Crippen LogP contribution in [0.5, 0.6) is 0 Å². The van der Waals surface area contributed by atoms with Crippen LogP contribution >= 0.6 is 11.6 Å². The number of halogens is 1. The quantitative estimate of drug-likeness (QED) is 0.752. The highest BCUT2D eigenvalue weighted by molar-refractivity contribution is 6.35. The fraction of sp³-hybridized carbons (Fsp3) is 0.250. The van der Waals surface area contributed by atoms with Crippen LogP contribution in [0.2, 0.25) is 5.02 Å². The summed E-state index contributed by atoms with van der Waals surface area (Å²) in [7, 11) is 1.82. The van der Waals surface area contributed by atoms with Crippen molar-refractivity contribution in [1.82, 2.24) is 4.57 Å². The molecule has 0 bridgehead atoms. The van der Waals surface area contributed by atoms with E-state index in [0.717, 1.165) is 10.9 Å². The molecule has 0 aliphatic rings. The van der Waals surface area contributed by atoms with Crippen LogP contribution in [0.4, 0.5) is 0 Å². The first-order valence-corrected chi connectivity index (χ1v) is 5.44. The number of aryl methyl sites for hydroxylation is 1. The van der Waals surface area contributed by atoms with Crippen molar-refractivity contribution in [3.63, 3.8) is 0 Å². The van der Waals surface area contributed by atoms with Gasteiger partial charge in [-0.1, -0.05) is 17.7 Å². The Hall–Kier alpha value is -1.48. The largest absolute Gasteiger partial charge is 0.461 e. The van der Waals surface area contributed by atoms with E-state index in [9.17, 15) is 4.79 Å². The molecule has 2 rings (SSSR count). The highest BCUT2D eigenvalue weighted by Gasteiger charge is 2.15. The summed E-state index contributed by atoms with van der Waals surface area (Å²) in [6.45, 7) is 2.15. The van der Waals surface area contributed by atoms with Gasteiger partial charge in [0.25, 0.3) is 0 Å². The summed E-state index contributed by atoms with van der Waals surface area (Å²) in [5.74, 6) is -0.322. The minimum atomic E-state index is -0.322. The van der Waals surface area contributed by atoms with Gasteiger partial charge in [0.1, 0.15) is 5.69 Å². The first-order valence-electron chi connectivity index (χ1n) is 5.06. The maximum Gasteiger partial charge on any atom is 0.354 e. The Balaban J connectivity index is 2.60. The maximum absolute atomic E-state index is 11.7. The van der Waals surface area contributed by atoms with E-state index in [4.69, 9.17) is 16.3 Å². The Kier molecular flexibility index (Phi) is 2.88. The zero-order chi connectivity index (χ0) is 11.7. The van der Waals surface area contributed by atoms with E-state index in [-0.39, 0.29) is 5.97 Å². The van der Waals surface area contributed by atoms with Crippen molar-refractivity contribution in [2.45, 2.75) is 6.92 Å². The third kappa shape index (κ3) is 1.67. The topological polar surface area (TPSA) is 31.2 Å². The van der Waals surface area contributed by atoms with Crippen molar-refractivity contribution in [3.05, 3.63) is 35.0 Å². The molecule has 0 spiro atoms. The van der Waals surface area contributed by atoms with Crippen molar-refractivity contribution in [1.29, 1.82) is 0 Å². The van der Waals surface area contributed by atoms with Crippen LogP contribution in [-0.4, -0.2) is 17.1 Å². The van der Waals surface area contributed by atoms with Gasteiger partial charge in [0.15, 0.2) is 0 Å². The number of hydrogen-bond donors (Lipinski definition) is 0. The Morgan fingerprint density at radius 3 is 2.88 bits per heavy atom. The number of ether oxygens (including phenoxy) is 1. The summed E-state index contributed by atoms with van der Waals surface area (Å²) in [5.41, 5.74) is 1.44. The summed E-state index contributed by atoms with van der Waals surface area (Å²) < 4.78 is 6.77. The molecule has 1 aromatic carbocycles. The van der Waals surface area contributed by atoms with E-state index in [1.54, 1.807) is 23.6 Å². The smallest absolute Gasteiger partial charge is 0.354 e. The minimum Gasteiger partial charge on any atom is -0.461 e. The second-order valence-corrected chi connectivity index (χ2v) is 3.89. The fourth-order valence-electron chi connectivity index (χ4n) is 1.73. The lowest BCUT2D eigenvalue weighted by Gasteiger charge is -2.03. The van der Waals surface area contributed by atoms with Crippen molar-refractivity contribution in [3.8, 4) is 0 Å². The number of rotatable bonds is 2. The van der Waals surface area contributed by atoms with Crippen LogP contribution in [0.3, 0.4) is 0 Å². The monoisotopic (exact) mass is 237 g/mol. The number of carbonyl (C=O) groups is 1. The number of benzene rings is 1. The van der Waals surface area contributed by atoms with E-state index in [1.807, 2.05) is 19.2 Å². The van der Waals surface area contributed by atoms with Crippen molar-refractivity contribution < 1.29 is 9.53 Å². The normalized spacial score (nSPS) is 10.7. The van der Waals surface area contributed by atoms with Crippen molar-refractivity contribution in [2.75, 3.05) is 6.61 Å². The molecule has 3 nitrogen and oxygen atoms in total. The Morgan fingerprint density at radius 2 is 2.25 bits per heavy atom. The molecule has 0 aliphatic carbocycles. The average molecular weight is 238 g/mol. The standard InChI is InChI=1S/C12H12ClNO2/c1-3-16-12(15)11-7-8-9(13)5-4-6-10(8)14(11)2/h4-7H,3H2,1-2H3. The van der Waals surface area contributed by atoms with Crippen LogP contribution in [0.25, 0.3) is 10.9 Å². The first-order chi connectivity index (χ1) is 7.65. The van der Waals surface area contributed by atoms with E-state index in [2.05, 4.69) is 0 Å². The van der Waals surface area contributed by atoms with Gasteiger partial charge >= 0.3 is 5.97 Å². The first kappa shape index (κ1) is 11.0. The highest BCUT2D eigenvalue weighted by Crippen LogP contribution is 2.26. The maximum atomic E-state index is 11.7. The molecule has 84 valence electrons. The fourth-order valence-corrected chi connectivity index (χ4v) is 1.95. The lowest BCUT2D eigenvalue weighted by atomic mass is 10.2. The molecule has 1 heterocycles. The second kappa shape index (κ2) is 4.18. The van der Waals surface area contributed by atoms with Crippen LogP contribution < -0.4 is 0 Å². The molecule has 1 aromatic heterocycles. The van der Waals surface area contributed by atoms with Crippen molar-refractivity contribution >= 4 is 28.5 Å². The van der Waals surface area contributed by atoms with Gasteiger partial charge in [0, 0.05) is 23.0 Å². The van der Waals surface area contributed by atoms with Gasteiger partial charge in [0.2, 0.25) is 0 Å². The van der Waals surface area contributed by atoms with Gasteiger partial charge in [-0.25, -0.2) is 4.79 Å². The van der Waals surface area contributed by atoms with E-state index in [0.29, 0.717) is 17.3 Å². The molecule has 0 N–H and O–H groups in total. The third-order valence-corrected chi connectivity index (χ3v) is 2.85. The van der Waals surface area contributed by atoms with Gasteiger partial charge in [-0.3, -0.25) is 0 Å². The van der Waals surface area contributed by atoms with Crippen LogP contribution in [-0.2, 0) is 11.8 Å². The van der Waals surface area contributed by atoms with E-state index >= 15 is 0 Å². The van der Waals surface area contributed by atoms with Gasteiger partial charge in [0.05, 0.1) is 6.61 Å². The molecule has 0 amide bonds. The van der Waals surface area contributed by atoms with Crippen LogP contribution in [0.15, 0.2) is 24.3 Å². The molecule has 0 radical (unpaired) electrons. The number of nitrogens with zero attached hydrogens (tertiary/aromatic N) is 1. The molecular weight excluding hydrogens is 226 g/mol. The average Bonchev–Trinajstić information content (AvgIpc) is 2.59. The SMILES string of the molecule is CCOC(=O)c1cc2c(Cl)cccc2n1C. The predicted octanol–water partition coefficient (Wildman–Crippen LogP) is 3.01. The molecule has 0 atom stereocenters. The number of esters is 1. The third-order valence-electron chi connectivity index (χ3n) is 2.52. The van der Waals surface area contributed by atoms with Gasteiger partial charge in [-0.15, -0.1) is 0 Å².